The molecule has 3 N–H and O–H groups in total. The van der Waals surface area contributed by atoms with Gasteiger partial charge in [-0.25, -0.2) is 14.8 Å². The van der Waals surface area contributed by atoms with Crippen molar-refractivity contribution in [1.82, 2.24) is 9.97 Å². The standard InChI is InChI=1S/C10H15N3O4/c14-5-7-17-6-1-3-11-10-12-4-2-8(13-10)9(15)16/h2,4,14H,1,3,5-7H2,(H,15,16)(H,11,12,13). The van der Waals surface area contributed by atoms with Crippen LogP contribution in [-0.4, -0.2) is 52.5 Å². The van der Waals surface area contributed by atoms with E-state index in [4.69, 9.17) is 14.9 Å². The van der Waals surface area contributed by atoms with Gasteiger partial charge in [-0.15, -0.1) is 0 Å². The molecule has 1 aromatic heterocycles. The zero-order valence-corrected chi connectivity index (χ0v) is 9.30. The van der Waals surface area contributed by atoms with Gasteiger partial charge in [0.2, 0.25) is 5.95 Å². The number of nitrogens with zero attached hydrogens (tertiary/aromatic N) is 2. The van der Waals surface area contributed by atoms with Gasteiger partial charge in [0.1, 0.15) is 0 Å². The van der Waals surface area contributed by atoms with Crippen molar-refractivity contribution in [3.8, 4) is 0 Å². The molecule has 0 atom stereocenters. The summed E-state index contributed by atoms with van der Waals surface area (Å²) in [5.41, 5.74) is -0.0426. The zero-order chi connectivity index (χ0) is 12.5. The van der Waals surface area contributed by atoms with Crippen LogP contribution in [0.15, 0.2) is 12.3 Å². The SMILES string of the molecule is O=C(O)c1ccnc(NCCCOCCO)n1. The van der Waals surface area contributed by atoms with Gasteiger partial charge in [0, 0.05) is 19.3 Å². The Morgan fingerprint density at radius 2 is 2.29 bits per heavy atom. The Balaban J connectivity index is 2.27. The second kappa shape index (κ2) is 7.53. The fourth-order valence-electron chi connectivity index (χ4n) is 1.10. The average Bonchev–Trinajstić information content (AvgIpc) is 2.34. The lowest BCUT2D eigenvalue weighted by molar-refractivity contribution is 0.0690. The van der Waals surface area contributed by atoms with Crippen molar-refractivity contribution in [3.05, 3.63) is 18.0 Å². The van der Waals surface area contributed by atoms with Crippen LogP contribution >= 0.6 is 0 Å². The first-order valence-corrected chi connectivity index (χ1v) is 5.23. The van der Waals surface area contributed by atoms with Crippen LogP contribution in [0.25, 0.3) is 0 Å². The molecular formula is C10H15N3O4. The number of carboxylic acid groups (broad SMARTS) is 1. The summed E-state index contributed by atoms with van der Waals surface area (Å²) in [6.07, 6.45) is 2.11. The first kappa shape index (κ1) is 13.3. The summed E-state index contributed by atoms with van der Waals surface area (Å²) in [4.78, 5) is 18.3. The Kier molecular flexibility index (Phi) is 5.91. The fourth-order valence-corrected chi connectivity index (χ4v) is 1.10. The first-order valence-electron chi connectivity index (χ1n) is 5.23. The van der Waals surface area contributed by atoms with E-state index >= 15 is 0 Å². The summed E-state index contributed by atoms with van der Waals surface area (Å²) >= 11 is 0. The van der Waals surface area contributed by atoms with Crippen molar-refractivity contribution in [1.29, 1.82) is 0 Å². The maximum absolute atomic E-state index is 10.6. The first-order chi connectivity index (χ1) is 8.24. The molecular weight excluding hydrogens is 226 g/mol. The molecule has 0 saturated heterocycles. The van der Waals surface area contributed by atoms with Crippen LogP contribution in [0.1, 0.15) is 16.9 Å². The predicted octanol–water partition coefficient (Wildman–Crippen LogP) is -0.0143. The van der Waals surface area contributed by atoms with Gasteiger partial charge in [0.05, 0.1) is 13.2 Å². The third-order valence-corrected chi connectivity index (χ3v) is 1.86. The van der Waals surface area contributed by atoms with E-state index in [1.54, 1.807) is 0 Å². The van der Waals surface area contributed by atoms with Gasteiger partial charge in [-0.3, -0.25) is 0 Å². The van der Waals surface area contributed by atoms with Gasteiger partial charge in [0.15, 0.2) is 5.69 Å². The van der Waals surface area contributed by atoms with E-state index < -0.39 is 5.97 Å². The monoisotopic (exact) mass is 241 g/mol. The highest BCUT2D eigenvalue weighted by Gasteiger charge is 2.05. The van der Waals surface area contributed by atoms with Crippen LogP contribution in [0.4, 0.5) is 5.95 Å². The van der Waals surface area contributed by atoms with E-state index in [-0.39, 0.29) is 18.2 Å². The molecule has 17 heavy (non-hydrogen) atoms. The molecule has 0 aromatic carbocycles. The highest BCUT2D eigenvalue weighted by atomic mass is 16.5. The molecule has 1 heterocycles. The van der Waals surface area contributed by atoms with Gasteiger partial charge < -0.3 is 20.3 Å². The Hall–Kier alpha value is -1.73. The van der Waals surface area contributed by atoms with E-state index in [1.807, 2.05) is 0 Å². The quantitative estimate of drug-likeness (QED) is 0.549. The van der Waals surface area contributed by atoms with Crippen molar-refractivity contribution < 1.29 is 19.7 Å². The molecule has 7 nitrogen and oxygen atoms in total. The second-order valence-electron chi connectivity index (χ2n) is 3.19. The minimum absolute atomic E-state index is 0.0111. The number of anilines is 1. The molecule has 0 spiro atoms. The third kappa shape index (κ3) is 5.23. The van der Waals surface area contributed by atoms with Crippen molar-refractivity contribution in [2.75, 3.05) is 31.7 Å². The summed E-state index contributed by atoms with van der Waals surface area (Å²) < 4.78 is 5.06. The van der Waals surface area contributed by atoms with Crippen molar-refractivity contribution in [2.24, 2.45) is 0 Å². The van der Waals surface area contributed by atoms with Crippen LogP contribution in [-0.2, 0) is 4.74 Å². The van der Waals surface area contributed by atoms with Gasteiger partial charge >= 0.3 is 5.97 Å². The number of aromatic carboxylic acids is 1. The molecule has 1 rings (SSSR count). The second-order valence-corrected chi connectivity index (χ2v) is 3.19. The van der Waals surface area contributed by atoms with Crippen molar-refractivity contribution in [2.45, 2.75) is 6.42 Å². The molecule has 0 radical (unpaired) electrons. The molecule has 0 bridgehead atoms. The predicted molar refractivity (Wildman–Crippen MR) is 60.0 cm³/mol. The lowest BCUT2D eigenvalue weighted by Gasteiger charge is -2.05. The Bertz CT molecular complexity index is 359. The fraction of sp³-hybridized carbons (Fsp3) is 0.500. The molecule has 0 fully saturated rings. The zero-order valence-electron chi connectivity index (χ0n) is 9.30. The Morgan fingerprint density at radius 3 is 3.00 bits per heavy atom. The van der Waals surface area contributed by atoms with E-state index in [9.17, 15) is 4.79 Å². The summed E-state index contributed by atoms with van der Waals surface area (Å²) in [7, 11) is 0. The number of hydrogen-bond acceptors (Lipinski definition) is 6. The topological polar surface area (TPSA) is 105 Å². The number of hydrogen-bond donors (Lipinski definition) is 3. The number of carbonyl (C=O) groups is 1. The minimum Gasteiger partial charge on any atom is -0.477 e. The molecule has 0 amide bonds. The van der Waals surface area contributed by atoms with Gasteiger partial charge in [0.25, 0.3) is 0 Å². The molecule has 0 saturated carbocycles. The highest BCUT2D eigenvalue weighted by Crippen LogP contribution is 2.00. The minimum atomic E-state index is -1.08. The molecule has 0 unspecified atom stereocenters. The van der Waals surface area contributed by atoms with Crippen LogP contribution < -0.4 is 5.32 Å². The molecule has 0 aliphatic rings. The van der Waals surface area contributed by atoms with Crippen molar-refractivity contribution >= 4 is 11.9 Å². The summed E-state index contributed by atoms with van der Waals surface area (Å²) in [5.74, 6) is -0.797. The van der Waals surface area contributed by atoms with Crippen LogP contribution in [0.2, 0.25) is 0 Å². The highest BCUT2D eigenvalue weighted by molar-refractivity contribution is 5.85. The maximum atomic E-state index is 10.6. The number of aliphatic hydroxyl groups is 1. The number of carboxylic acids is 1. The lowest BCUT2D eigenvalue weighted by atomic mass is 10.4. The summed E-state index contributed by atoms with van der Waals surface area (Å²) in [6, 6.07) is 1.33. The van der Waals surface area contributed by atoms with E-state index in [1.165, 1.54) is 12.3 Å². The van der Waals surface area contributed by atoms with Gasteiger partial charge in [-0.05, 0) is 12.5 Å². The smallest absolute Gasteiger partial charge is 0.354 e. The molecule has 0 aliphatic heterocycles. The van der Waals surface area contributed by atoms with E-state index in [2.05, 4.69) is 15.3 Å². The Labute approximate surface area is 98.5 Å². The van der Waals surface area contributed by atoms with Gasteiger partial charge in [-0.2, -0.15) is 0 Å². The van der Waals surface area contributed by atoms with Crippen LogP contribution in [0, 0.1) is 0 Å². The molecule has 7 heteroatoms. The lowest BCUT2D eigenvalue weighted by Crippen LogP contribution is -2.11. The number of aromatic nitrogens is 2. The molecule has 0 aliphatic carbocycles. The van der Waals surface area contributed by atoms with Crippen molar-refractivity contribution in [3.63, 3.8) is 0 Å². The van der Waals surface area contributed by atoms with E-state index in [0.717, 1.165) is 6.42 Å². The Morgan fingerprint density at radius 1 is 1.47 bits per heavy atom. The summed E-state index contributed by atoms with van der Waals surface area (Å²) in [5, 5.41) is 20.1. The maximum Gasteiger partial charge on any atom is 0.354 e. The van der Waals surface area contributed by atoms with Crippen LogP contribution in [0.3, 0.4) is 0 Å². The van der Waals surface area contributed by atoms with E-state index in [0.29, 0.717) is 19.8 Å². The van der Waals surface area contributed by atoms with Crippen LogP contribution in [0.5, 0.6) is 0 Å². The molecule has 1 aromatic rings. The number of nitrogens with one attached hydrogen (secondary N) is 1. The average molecular weight is 241 g/mol. The third-order valence-electron chi connectivity index (χ3n) is 1.86. The molecule has 94 valence electrons. The normalized spacial score (nSPS) is 10.2. The number of rotatable bonds is 8. The number of ether oxygens (including phenoxy) is 1. The van der Waals surface area contributed by atoms with Gasteiger partial charge in [-0.1, -0.05) is 0 Å². The number of aliphatic hydroxyl groups excluding tert-OH is 1. The summed E-state index contributed by atoms with van der Waals surface area (Å²) in [6.45, 7) is 1.43. The largest absolute Gasteiger partial charge is 0.477 e.